The summed E-state index contributed by atoms with van der Waals surface area (Å²) < 4.78 is 23.5. The zero-order chi connectivity index (χ0) is 28.6. The molecule has 0 aliphatic rings. The second-order valence-corrected chi connectivity index (χ2v) is 9.87. The number of nitrogens with one attached hydrogen (secondary N) is 1. The first-order valence-corrected chi connectivity index (χ1v) is 13.2. The lowest BCUT2D eigenvalue weighted by Gasteiger charge is -2.23. The van der Waals surface area contributed by atoms with Crippen LogP contribution in [0.25, 0.3) is 21.8 Å². The molecule has 1 atom stereocenters. The lowest BCUT2D eigenvalue weighted by molar-refractivity contribution is -0.137. The van der Waals surface area contributed by atoms with Gasteiger partial charge in [-0.1, -0.05) is 13.0 Å². The van der Waals surface area contributed by atoms with E-state index in [0.29, 0.717) is 47.0 Å². The maximum atomic E-state index is 16.2. The number of nitrogens with two attached hydrogens (primary N) is 1. The number of nitrogen functional groups attached to an aromatic ring is 1. The van der Waals surface area contributed by atoms with Gasteiger partial charge in [-0.3, -0.25) is 4.79 Å². The molecule has 5 rings (SSSR count). The summed E-state index contributed by atoms with van der Waals surface area (Å²) in [4.78, 5) is 21.1. The van der Waals surface area contributed by atoms with E-state index in [0.717, 1.165) is 27.5 Å². The number of imidazole rings is 1. The number of benzene rings is 3. The molecule has 2 heterocycles. The SMILES string of the molecule is CCOc1cc(CC)cc(C(Nc2ccc3c(N)nccc3c2)c2nc3cc(C)c(C)cc3n2CC(=O)O)c1F. The number of rotatable bonds is 9. The molecule has 9 heteroatoms. The molecular formula is C31H32FN5O3. The number of carboxylic acid groups (broad SMARTS) is 1. The van der Waals surface area contributed by atoms with Crippen molar-refractivity contribution in [2.75, 3.05) is 17.7 Å². The van der Waals surface area contributed by atoms with Gasteiger partial charge in [0.1, 0.15) is 24.2 Å². The molecule has 0 aliphatic carbocycles. The lowest BCUT2D eigenvalue weighted by atomic mass is 9.99. The number of carbonyl (C=O) groups is 1. The number of hydrogen-bond donors (Lipinski definition) is 3. The quantitative estimate of drug-likeness (QED) is 0.204. The third kappa shape index (κ3) is 5.02. The minimum atomic E-state index is -1.02. The molecule has 206 valence electrons. The highest BCUT2D eigenvalue weighted by atomic mass is 19.1. The summed E-state index contributed by atoms with van der Waals surface area (Å²) in [6.45, 7) is 7.71. The predicted molar refractivity (Wildman–Crippen MR) is 155 cm³/mol. The van der Waals surface area contributed by atoms with Crippen LogP contribution in [-0.2, 0) is 17.8 Å². The van der Waals surface area contributed by atoms with E-state index in [1.165, 1.54) is 0 Å². The zero-order valence-corrected chi connectivity index (χ0v) is 23.0. The second-order valence-electron chi connectivity index (χ2n) is 9.87. The fraction of sp³-hybridized carbons (Fsp3) is 0.258. The van der Waals surface area contributed by atoms with Crippen LogP contribution in [-0.4, -0.2) is 32.2 Å². The highest BCUT2D eigenvalue weighted by molar-refractivity contribution is 5.93. The third-order valence-electron chi connectivity index (χ3n) is 7.20. The van der Waals surface area contributed by atoms with Gasteiger partial charge in [0, 0.05) is 22.8 Å². The number of anilines is 2. The Morgan fingerprint density at radius 3 is 2.62 bits per heavy atom. The fourth-order valence-electron chi connectivity index (χ4n) is 5.01. The molecule has 1 unspecified atom stereocenters. The minimum Gasteiger partial charge on any atom is -0.491 e. The molecule has 0 saturated carbocycles. The van der Waals surface area contributed by atoms with E-state index in [2.05, 4.69) is 10.3 Å². The van der Waals surface area contributed by atoms with Gasteiger partial charge in [-0.2, -0.15) is 0 Å². The molecular weight excluding hydrogens is 509 g/mol. The Morgan fingerprint density at radius 1 is 1.12 bits per heavy atom. The molecule has 2 aromatic heterocycles. The molecule has 8 nitrogen and oxygen atoms in total. The van der Waals surface area contributed by atoms with Gasteiger partial charge in [-0.05, 0) is 91.7 Å². The summed E-state index contributed by atoms with van der Waals surface area (Å²) in [6, 6.07) is 14.0. The fourth-order valence-corrected chi connectivity index (χ4v) is 5.01. The van der Waals surface area contributed by atoms with Gasteiger partial charge in [0.15, 0.2) is 11.6 Å². The Kier molecular flexibility index (Phi) is 7.30. The molecule has 0 bridgehead atoms. The number of aryl methyl sites for hydroxylation is 3. The maximum absolute atomic E-state index is 16.2. The number of aliphatic carboxylic acids is 1. The average molecular weight is 542 g/mol. The number of nitrogens with zero attached hydrogens (tertiary/aromatic N) is 3. The number of pyridine rings is 1. The van der Waals surface area contributed by atoms with E-state index in [4.69, 9.17) is 15.5 Å². The van der Waals surface area contributed by atoms with Crippen molar-refractivity contribution in [1.82, 2.24) is 14.5 Å². The van der Waals surface area contributed by atoms with Crippen LogP contribution in [0.1, 0.15) is 48.0 Å². The minimum absolute atomic E-state index is 0.147. The van der Waals surface area contributed by atoms with Crippen LogP contribution in [0.15, 0.2) is 54.7 Å². The van der Waals surface area contributed by atoms with Crippen molar-refractivity contribution in [3.8, 4) is 5.75 Å². The van der Waals surface area contributed by atoms with Gasteiger partial charge < -0.3 is 25.5 Å². The Hall–Kier alpha value is -4.66. The van der Waals surface area contributed by atoms with E-state index in [1.54, 1.807) is 29.8 Å². The molecule has 4 N–H and O–H groups in total. The van der Waals surface area contributed by atoms with Crippen LogP contribution in [0.2, 0.25) is 0 Å². The summed E-state index contributed by atoms with van der Waals surface area (Å²) in [6.07, 6.45) is 2.29. The van der Waals surface area contributed by atoms with Gasteiger partial charge in [-0.15, -0.1) is 0 Å². The molecule has 5 aromatic rings. The van der Waals surface area contributed by atoms with E-state index in [1.807, 2.05) is 57.2 Å². The molecule has 3 aromatic carbocycles. The normalized spacial score (nSPS) is 12.1. The van der Waals surface area contributed by atoms with Crippen LogP contribution in [0.4, 0.5) is 15.9 Å². The van der Waals surface area contributed by atoms with Gasteiger partial charge in [0.05, 0.1) is 17.6 Å². The predicted octanol–water partition coefficient (Wildman–Crippen LogP) is 6.17. The number of ether oxygens (including phenoxy) is 1. The molecule has 40 heavy (non-hydrogen) atoms. The van der Waals surface area contributed by atoms with E-state index >= 15 is 4.39 Å². The standard InChI is InChI=1S/C31H32FN5O3/c1-5-19-13-23(28(32)26(14-19)40-6-2)29(35-21-7-8-22-20(15-21)9-10-34-30(22)33)31-36-24-11-17(3)18(4)12-25(24)37(31)16-27(38)39/h7-15,29,35H,5-6,16H2,1-4H3,(H2,33,34)(H,38,39). The number of hydrogen-bond acceptors (Lipinski definition) is 6. The lowest BCUT2D eigenvalue weighted by Crippen LogP contribution is -2.22. The number of halogens is 1. The van der Waals surface area contributed by atoms with Crippen LogP contribution in [0.3, 0.4) is 0 Å². The number of fused-ring (bicyclic) bond motifs is 2. The van der Waals surface area contributed by atoms with Crippen LogP contribution in [0, 0.1) is 19.7 Å². The summed E-state index contributed by atoms with van der Waals surface area (Å²) in [7, 11) is 0. The van der Waals surface area contributed by atoms with E-state index in [9.17, 15) is 9.90 Å². The van der Waals surface area contributed by atoms with Gasteiger partial charge in [0.25, 0.3) is 0 Å². The Morgan fingerprint density at radius 2 is 1.90 bits per heavy atom. The average Bonchev–Trinajstić information content (AvgIpc) is 3.25. The molecule has 0 aliphatic heterocycles. The van der Waals surface area contributed by atoms with Crippen molar-refractivity contribution >= 4 is 39.3 Å². The van der Waals surface area contributed by atoms with Crippen LogP contribution < -0.4 is 15.8 Å². The molecule has 0 radical (unpaired) electrons. The van der Waals surface area contributed by atoms with Crippen molar-refractivity contribution in [2.24, 2.45) is 0 Å². The number of aromatic nitrogens is 3. The molecule has 0 saturated heterocycles. The van der Waals surface area contributed by atoms with Crippen LogP contribution >= 0.6 is 0 Å². The Bertz CT molecular complexity index is 1750. The third-order valence-corrected chi connectivity index (χ3v) is 7.20. The van der Waals surface area contributed by atoms with Crippen LogP contribution in [0.5, 0.6) is 5.75 Å². The zero-order valence-electron chi connectivity index (χ0n) is 23.0. The summed E-state index contributed by atoms with van der Waals surface area (Å²) in [5.74, 6) is -0.603. The van der Waals surface area contributed by atoms with Crippen molar-refractivity contribution in [2.45, 2.75) is 46.7 Å². The Labute approximate surface area is 231 Å². The summed E-state index contributed by atoms with van der Waals surface area (Å²) in [5.41, 5.74) is 11.3. The molecule has 0 fully saturated rings. The summed E-state index contributed by atoms with van der Waals surface area (Å²) >= 11 is 0. The van der Waals surface area contributed by atoms with Gasteiger partial charge >= 0.3 is 5.97 Å². The van der Waals surface area contributed by atoms with Gasteiger partial charge in [-0.25, -0.2) is 14.4 Å². The molecule has 0 spiro atoms. The highest BCUT2D eigenvalue weighted by Gasteiger charge is 2.28. The van der Waals surface area contributed by atoms with Gasteiger partial charge in [0.2, 0.25) is 0 Å². The smallest absolute Gasteiger partial charge is 0.323 e. The van der Waals surface area contributed by atoms with Crippen molar-refractivity contribution in [3.63, 3.8) is 0 Å². The van der Waals surface area contributed by atoms with E-state index in [-0.39, 0.29) is 12.3 Å². The first-order valence-electron chi connectivity index (χ1n) is 13.2. The van der Waals surface area contributed by atoms with Crippen molar-refractivity contribution in [3.05, 3.63) is 88.6 Å². The first kappa shape index (κ1) is 26.9. The monoisotopic (exact) mass is 541 g/mol. The van der Waals surface area contributed by atoms with Crippen molar-refractivity contribution < 1.29 is 19.0 Å². The summed E-state index contributed by atoms with van der Waals surface area (Å²) in [5, 5.41) is 15.0. The van der Waals surface area contributed by atoms with E-state index < -0.39 is 17.8 Å². The highest BCUT2D eigenvalue weighted by Crippen LogP contribution is 2.36. The topological polar surface area (TPSA) is 115 Å². The second kappa shape index (κ2) is 10.8. The molecule has 0 amide bonds. The largest absolute Gasteiger partial charge is 0.491 e. The first-order chi connectivity index (χ1) is 19.2. The van der Waals surface area contributed by atoms with Crippen molar-refractivity contribution in [1.29, 1.82) is 0 Å². The Balaban J connectivity index is 1.77. The maximum Gasteiger partial charge on any atom is 0.323 e. The number of carboxylic acids is 1.